The van der Waals surface area contributed by atoms with Gasteiger partial charge in [-0.2, -0.15) is 5.10 Å². The molecule has 7 heteroatoms. The molecule has 7 nitrogen and oxygen atoms in total. The van der Waals surface area contributed by atoms with Crippen LogP contribution in [-0.2, 0) is 6.42 Å². The van der Waals surface area contributed by atoms with Gasteiger partial charge in [0.25, 0.3) is 5.56 Å². The van der Waals surface area contributed by atoms with E-state index >= 15 is 0 Å². The summed E-state index contributed by atoms with van der Waals surface area (Å²) in [6.45, 7) is 8.90. The number of ether oxygens (including phenoxy) is 1. The van der Waals surface area contributed by atoms with Crippen molar-refractivity contribution in [1.29, 1.82) is 0 Å². The maximum absolute atomic E-state index is 13.3. The number of ketones is 1. The first-order chi connectivity index (χ1) is 14.3. The maximum atomic E-state index is 13.3. The molecule has 3 aromatic heterocycles. The summed E-state index contributed by atoms with van der Waals surface area (Å²) >= 11 is 0. The van der Waals surface area contributed by atoms with Crippen LogP contribution in [0.5, 0.6) is 5.75 Å². The first kappa shape index (κ1) is 21.8. The van der Waals surface area contributed by atoms with Crippen LogP contribution in [0.25, 0.3) is 5.52 Å². The maximum Gasteiger partial charge on any atom is 0.255 e. The lowest BCUT2D eigenvalue weighted by atomic mass is 9.99. The molecule has 0 saturated heterocycles. The van der Waals surface area contributed by atoms with Crippen LogP contribution in [0, 0.1) is 13.8 Å². The average molecular weight is 411 g/mol. The Hall–Kier alpha value is -2.93. The second kappa shape index (κ2) is 8.83. The third-order valence-electron chi connectivity index (χ3n) is 5.88. The lowest BCUT2D eigenvalue weighted by molar-refractivity contribution is 0.0983. The number of aromatic amines is 1. The summed E-state index contributed by atoms with van der Waals surface area (Å²) in [5.74, 6) is 0.515. The molecule has 0 amide bonds. The Morgan fingerprint density at radius 1 is 1.37 bits per heavy atom. The Kier molecular flexibility index (Phi) is 6.41. The van der Waals surface area contributed by atoms with Crippen LogP contribution in [0.2, 0.25) is 0 Å². The largest absolute Gasteiger partial charge is 0.496 e. The van der Waals surface area contributed by atoms with Crippen LogP contribution in [0.15, 0.2) is 29.2 Å². The van der Waals surface area contributed by atoms with Gasteiger partial charge in [0.05, 0.1) is 23.9 Å². The number of pyridine rings is 1. The summed E-state index contributed by atoms with van der Waals surface area (Å²) in [7, 11) is 3.60. The Morgan fingerprint density at radius 2 is 2.10 bits per heavy atom. The number of H-pyrrole nitrogens is 1. The summed E-state index contributed by atoms with van der Waals surface area (Å²) in [5.41, 5.74) is 4.45. The SMILES string of the molecule is CCN(C)C(C)c1c(C)c(C(=O)CCc2c(OC)cc(C)[nH]c2=O)c2cccnn12. The number of aromatic nitrogens is 3. The molecule has 0 radical (unpaired) electrons. The monoisotopic (exact) mass is 410 g/mol. The highest BCUT2D eigenvalue weighted by molar-refractivity contribution is 6.04. The van der Waals surface area contributed by atoms with Gasteiger partial charge in [0.2, 0.25) is 0 Å². The molecule has 3 aromatic rings. The van der Waals surface area contributed by atoms with E-state index in [2.05, 4.69) is 35.9 Å². The number of fused-ring (bicyclic) bond motifs is 1. The fourth-order valence-electron chi connectivity index (χ4n) is 4.03. The van der Waals surface area contributed by atoms with E-state index < -0.39 is 0 Å². The highest BCUT2D eigenvalue weighted by atomic mass is 16.5. The van der Waals surface area contributed by atoms with Gasteiger partial charge in [0, 0.05) is 29.9 Å². The van der Waals surface area contributed by atoms with Gasteiger partial charge in [-0.3, -0.25) is 14.5 Å². The molecule has 1 unspecified atom stereocenters. The zero-order valence-electron chi connectivity index (χ0n) is 18.6. The van der Waals surface area contributed by atoms with Crippen molar-refractivity contribution in [2.75, 3.05) is 20.7 Å². The molecule has 0 spiro atoms. The first-order valence-electron chi connectivity index (χ1n) is 10.3. The smallest absolute Gasteiger partial charge is 0.255 e. The van der Waals surface area contributed by atoms with E-state index in [9.17, 15) is 9.59 Å². The van der Waals surface area contributed by atoms with Crippen molar-refractivity contribution in [2.45, 2.75) is 46.6 Å². The second-order valence-corrected chi connectivity index (χ2v) is 7.71. The third-order valence-corrected chi connectivity index (χ3v) is 5.88. The quantitative estimate of drug-likeness (QED) is 0.575. The van der Waals surface area contributed by atoms with Crippen molar-refractivity contribution in [3.05, 3.63) is 62.8 Å². The molecule has 0 aliphatic rings. The van der Waals surface area contributed by atoms with Crippen molar-refractivity contribution >= 4 is 11.3 Å². The Bertz CT molecular complexity index is 1130. The van der Waals surface area contributed by atoms with Gasteiger partial charge >= 0.3 is 0 Å². The molecule has 0 fully saturated rings. The van der Waals surface area contributed by atoms with E-state index in [1.54, 1.807) is 19.2 Å². The minimum atomic E-state index is -0.210. The van der Waals surface area contributed by atoms with Crippen LogP contribution in [0.1, 0.15) is 59.2 Å². The number of hydrogen-bond donors (Lipinski definition) is 1. The van der Waals surface area contributed by atoms with E-state index in [0.29, 0.717) is 23.3 Å². The molecular formula is C23H30N4O3. The topological polar surface area (TPSA) is 79.7 Å². The zero-order chi connectivity index (χ0) is 22.0. The van der Waals surface area contributed by atoms with E-state index in [-0.39, 0.29) is 23.8 Å². The molecular weight excluding hydrogens is 380 g/mol. The standard InChI is InChI=1S/C23H30N4O3/c1-7-26(5)16(4)22-15(3)21(18-9-8-12-24-27(18)22)19(28)11-10-17-20(30-6)13-14(2)25-23(17)29/h8-9,12-13,16H,7,10-11H2,1-6H3,(H,25,29). The molecule has 30 heavy (non-hydrogen) atoms. The fraction of sp³-hybridized carbons (Fsp3) is 0.435. The number of aryl methyl sites for hydroxylation is 1. The number of carbonyl (C=O) groups excluding carboxylic acids is 1. The highest BCUT2D eigenvalue weighted by Crippen LogP contribution is 2.30. The van der Waals surface area contributed by atoms with Crippen molar-refractivity contribution in [1.82, 2.24) is 19.5 Å². The normalized spacial score (nSPS) is 12.5. The van der Waals surface area contributed by atoms with Gasteiger partial charge in [-0.1, -0.05) is 6.92 Å². The van der Waals surface area contributed by atoms with Crippen molar-refractivity contribution < 1.29 is 9.53 Å². The van der Waals surface area contributed by atoms with Gasteiger partial charge in [-0.25, -0.2) is 4.52 Å². The summed E-state index contributed by atoms with van der Waals surface area (Å²) in [4.78, 5) is 30.7. The lowest BCUT2D eigenvalue weighted by Gasteiger charge is -2.23. The Morgan fingerprint density at radius 3 is 2.77 bits per heavy atom. The van der Waals surface area contributed by atoms with Crippen LogP contribution in [-0.4, -0.2) is 46.0 Å². The third kappa shape index (κ3) is 3.89. The zero-order valence-corrected chi connectivity index (χ0v) is 18.6. The number of rotatable bonds is 8. The highest BCUT2D eigenvalue weighted by Gasteiger charge is 2.26. The minimum Gasteiger partial charge on any atom is -0.496 e. The van der Waals surface area contributed by atoms with Crippen molar-refractivity contribution in [3.63, 3.8) is 0 Å². The Balaban J connectivity index is 1.99. The van der Waals surface area contributed by atoms with Gasteiger partial charge < -0.3 is 9.72 Å². The lowest BCUT2D eigenvalue weighted by Crippen LogP contribution is -2.24. The van der Waals surface area contributed by atoms with Crippen LogP contribution < -0.4 is 10.3 Å². The van der Waals surface area contributed by atoms with E-state index in [1.807, 2.05) is 23.6 Å². The minimum absolute atomic E-state index is 0.00219. The molecule has 1 N–H and O–H groups in total. The summed E-state index contributed by atoms with van der Waals surface area (Å²) in [6, 6.07) is 5.66. The summed E-state index contributed by atoms with van der Waals surface area (Å²) < 4.78 is 7.24. The number of nitrogens with zero attached hydrogens (tertiary/aromatic N) is 3. The van der Waals surface area contributed by atoms with Gasteiger partial charge in [-0.05, 0) is 64.5 Å². The molecule has 3 rings (SSSR count). The predicted molar refractivity (Wildman–Crippen MR) is 118 cm³/mol. The molecule has 0 saturated carbocycles. The number of carbonyl (C=O) groups is 1. The van der Waals surface area contributed by atoms with Gasteiger partial charge in [0.1, 0.15) is 5.75 Å². The fourth-order valence-corrected chi connectivity index (χ4v) is 4.03. The first-order valence-corrected chi connectivity index (χ1v) is 10.3. The summed E-state index contributed by atoms with van der Waals surface area (Å²) in [6.07, 6.45) is 2.27. The van der Waals surface area contributed by atoms with Gasteiger partial charge in [-0.15, -0.1) is 0 Å². The number of methoxy groups -OCH3 is 1. The van der Waals surface area contributed by atoms with Crippen molar-refractivity contribution in [3.8, 4) is 5.75 Å². The number of hydrogen-bond acceptors (Lipinski definition) is 5. The average Bonchev–Trinajstić information content (AvgIpc) is 3.02. The molecule has 3 heterocycles. The van der Waals surface area contributed by atoms with Gasteiger partial charge in [0.15, 0.2) is 5.78 Å². The number of Topliss-reactive ketones (excluding diaryl/α,β-unsaturated/α-hetero) is 1. The van der Waals surface area contributed by atoms with Crippen molar-refractivity contribution in [2.24, 2.45) is 0 Å². The molecule has 0 aromatic carbocycles. The number of nitrogens with one attached hydrogen (secondary N) is 1. The Labute approximate surface area is 176 Å². The van der Waals surface area contributed by atoms with E-state index in [1.165, 1.54) is 7.11 Å². The van der Waals surface area contributed by atoms with E-state index in [4.69, 9.17) is 4.74 Å². The van der Waals surface area contributed by atoms with Crippen LogP contribution in [0.4, 0.5) is 0 Å². The molecule has 0 bridgehead atoms. The van der Waals surface area contributed by atoms with Crippen LogP contribution in [0.3, 0.4) is 0 Å². The molecule has 1 atom stereocenters. The predicted octanol–water partition coefficient (Wildman–Crippen LogP) is 3.48. The molecule has 0 aliphatic carbocycles. The second-order valence-electron chi connectivity index (χ2n) is 7.71. The molecule has 160 valence electrons. The molecule has 0 aliphatic heterocycles. The summed E-state index contributed by atoms with van der Waals surface area (Å²) in [5, 5.41) is 4.52. The van der Waals surface area contributed by atoms with E-state index in [0.717, 1.165) is 29.0 Å². The van der Waals surface area contributed by atoms with Crippen LogP contribution >= 0.6 is 0 Å².